The quantitative estimate of drug-likeness (QED) is 0.355. The van der Waals surface area contributed by atoms with Gasteiger partial charge in [-0.1, -0.05) is 0 Å². The first kappa shape index (κ1) is 15.8. The average molecular weight is 374 g/mol. The van der Waals surface area contributed by atoms with Gasteiger partial charge in [-0.15, -0.1) is 0 Å². The maximum absolute atomic E-state index is 12.8. The molecule has 4 nitrogen and oxygen atoms in total. The van der Waals surface area contributed by atoms with E-state index in [9.17, 15) is 10.0 Å². The molecular formula is C18H17NO3Se. The summed E-state index contributed by atoms with van der Waals surface area (Å²) in [5, 5.41) is 12.8. The van der Waals surface area contributed by atoms with E-state index >= 15 is 0 Å². The van der Waals surface area contributed by atoms with Crippen molar-refractivity contribution in [2.24, 2.45) is 0 Å². The zero-order valence-corrected chi connectivity index (χ0v) is 14.4. The normalized spacial score (nSPS) is 19.3. The fraction of sp³-hybridized carbons (Fsp3) is 0.222. The molecule has 2 aromatic carbocycles. The van der Waals surface area contributed by atoms with Gasteiger partial charge in [0.2, 0.25) is 0 Å². The first-order valence-corrected chi connectivity index (χ1v) is 9.29. The van der Waals surface area contributed by atoms with Crippen LogP contribution < -0.4 is 4.46 Å². The minimum absolute atomic E-state index is 0.109. The van der Waals surface area contributed by atoms with E-state index in [2.05, 4.69) is 12.1 Å². The van der Waals surface area contributed by atoms with Crippen molar-refractivity contribution in [3.05, 3.63) is 71.4 Å². The van der Waals surface area contributed by atoms with Crippen LogP contribution in [0.3, 0.4) is 0 Å². The van der Waals surface area contributed by atoms with Crippen molar-refractivity contribution < 1.29 is 14.3 Å². The van der Waals surface area contributed by atoms with E-state index in [1.165, 1.54) is 4.46 Å². The van der Waals surface area contributed by atoms with Gasteiger partial charge in [-0.25, -0.2) is 0 Å². The molecule has 0 fully saturated rings. The topological polar surface area (TPSA) is 52.4 Å². The molecule has 2 unspecified atom stereocenters. The third-order valence-electron chi connectivity index (χ3n) is 3.75. The molecule has 0 saturated heterocycles. The Morgan fingerprint density at radius 1 is 1.13 bits per heavy atom. The van der Waals surface area contributed by atoms with E-state index in [1.807, 2.05) is 43.3 Å². The first-order chi connectivity index (χ1) is 11.2. The van der Waals surface area contributed by atoms with Crippen molar-refractivity contribution in [2.75, 3.05) is 6.61 Å². The van der Waals surface area contributed by atoms with Gasteiger partial charge in [0.25, 0.3) is 0 Å². The van der Waals surface area contributed by atoms with Gasteiger partial charge in [0.1, 0.15) is 0 Å². The molecule has 0 aromatic heterocycles. The molecule has 0 spiro atoms. The predicted molar refractivity (Wildman–Crippen MR) is 90.2 cm³/mol. The Morgan fingerprint density at radius 2 is 1.74 bits per heavy atom. The Bertz CT molecular complexity index is 716. The summed E-state index contributed by atoms with van der Waals surface area (Å²) in [5.74, 6) is -0.540. The molecule has 5 heteroatoms. The molecule has 1 aliphatic heterocycles. The van der Waals surface area contributed by atoms with Crippen LogP contribution in [0.2, 0.25) is 4.82 Å². The Morgan fingerprint density at radius 3 is 2.39 bits per heavy atom. The van der Waals surface area contributed by atoms with Crippen LogP contribution in [0.1, 0.15) is 12.5 Å². The molecule has 0 saturated carbocycles. The van der Waals surface area contributed by atoms with Crippen LogP contribution in [-0.2, 0) is 9.53 Å². The van der Waals surface area contributed by atoms with Crippen molar-refractivity contribution in [1.29, 1.82) is 0 Å². The van der Waals surface area contributed by atoms with Crippen molar-refractivity contribution >= 4 is 31.1 Å². The second kappa shape index (κ2) is 6.99. The van der Waals surface area contributed by atoms with E-state index in [1.54, 1.807) is 12.1 Å². The summed E-state index contributed by atoms with van der Waals surface area (Å²) in [4.78, 5) is 12.2. The Labute approximate surface area is 141 Å². The number of carbonyl (C=O) groups is 1. The van der Waals surface area contributed by atoms with Crippen LogP contribution in [-0.4, -0.2) is 44.0 Å². The van der Waals surface area contributed by atoms with Crippen molar-refractivity contribution in [3.63, 3.8) is 0 Å². The van der Waals surface area contributed by atoms with Gasteiger partial charge < -0.3 is 0 Å². The van der Waals surface area contributed by atoms with Gasteiger partial charge in [-0.2, -0.15) is 0 Å². The second-order valence-corrected chi connectivity index (χ2v) is 8.39. The minimum atomic E-state index is -0.540. The zero-order valence-electron chi connectivity index (χ0n) is 12.7. The van der Waals surface area contributed by atoms with Gasteiger partial charge in [-0.05, 0) is 0 Å². The maximum atomic E-state index is 12.8. The van der Waals surface area contributed by atoms with Gasteiger partial charge in [0.05, 0.1) is 0 Å². The summed E-state index contributed by atoms with van der Waals surface area (Å²) in [7, 11) is 0. The van der Waals surface area contributed by atoms with Gasteiger partial charge in [0, 0.05) is 0 Å². The molecule has 23 heavy (non-hydrogen) atoms. The predicted octanol–water partition coefficient (Wildman–Crippen LogP) is 1.75. The summed E-state index contributed by atoms with van der Waals surface area (Å²) in [6.07, 6.45) is 0. The first-order valence-electron chi connectivity index (χ1n) is 7.44. The molecule has 3 rings (SSSR count). The average Bonchev–Trinajstić information content (AvgIpc) is 2.57. The molecule has 0 bridgehead atoms. The number of esters is 1. The van der Waals surface area contributed by atoms with Gasteiger partial charge >= 0.3 is 141 Å². The summed E-state index contributed by atoms with van der Waals surface area (Å²) in [5.41, 5.74) is 0.717. The number of rotatable bonds is 4. The molecule has 118 valence electrons. The van der Waals surface area contributed by atoms with Crippen molar-refractivity contribution in [2.45, 2.75) is 17.8 Å². The molecule has 0 radical (unpaired) electrons. The van der Waals surface area contributed by atoms with E-state index in [0.29, 0.717) is 5.56 Å². The Kier molecular flexibility index (Phi) is 4.79. The van der Waals surface area contributed by atoms with Crippen LogP contribution in [0.4, 0.5) is 0 Å². The van der Waals surface area contributed by atoms with Crippen molar-refractivity contribution in [1.82, 2.24) is 0 Å². The Balaban J connectivity index is 1.88. The number of carbonyl (C=O) groups excluding carboxylic acids is 1. The standard InChI is InChI=1S/C18H17NO3Se/c1-13(23-15-10-6-3-7-11-15)16-12-22-18(20)17(19(16)21)14-8-4-2-5-9-14/h2-11,13,16H,12H2,1H3. The van der Waals surface area contributed by atoms with Crippen LogP contribution >= 0.6 is 0 Å². The van der Waals surface area contributed by atoms with Gasteiger partial charge in [-0.3, -0.25) is 0 Å². The molecule has 0 N–H and O–H groups in total. The second-order valence-electron chi connectivity index (χ2n) is 5.34. The summed E-state index contributed by atoms with van der Waals surface area (Å²) < 4.78 is 7.37. The number of hydrogen-bond donors (Lipinski definition) is 0. The number of cyclic esters (lactones) is 1. The number of nitrogens with zero attached hydrogens (tertiary/aromatic N) is 1. The number of benzene rings is 2. The molecule has 1 heterocycles. The summed E-state index contributed by atoms with van der Waals surface area (Å²) >= 11 is 0.139. The van der Waals surface area contributed by atoms with Crippen molar-refractivity contribution in [3.8, 4) is 0 Å². The number of hydroxylamine groups is 1. The van der Waals surface area contributed by atoms with Gasteiger partial charge in [0.15, 0.2) is 0 Å². The Hall–Kier alpha value is -2.10. The molecule has 2 atom stereocenters. The monoisotopic (exact) mass is 375 g/mol. The van der Waals surface area contributed by atoms with Crippen LogP contribution in [0.25, 0.3) is 0 Å². The van der Waals surface area contributed by atoms with E-state index in [4.69, 9.17) is 4.74 Å². The molecule has 1 aliphatic rings. The van der Waals surface area contributed by atoms with Crippen LogP contribution in [0.15, 0.2) is 60.7 Å². The molecule has 2 aromatic rings. The molecule has 0 amide bonds. The van der Waals surface area contributed by atoms with E-state index in [-0.39, 0.29) is 38.1 Å². The fourth-order valence-corrected chi connectivity index (χ4v) is 4.80. The molecule has 0 aliphatic carbocycles. The summed E-state index contributed by atoms with van der Waals surface area (Å²) in [6.45, 7) is 2.19. The zero-order chi connectivity index (χ0) is 16.2. The van der Waals surface area contributed by atoms with Crippen LogP contribution in [0, 0.1) is 5.21 Å². The number of ether oxygens (including phenoxy) is 1. The van der Waals surface area contributed by atoms with Crippen LogP contribution in [0.5, 0.6) is 0 Å². The van der Waals surface area contributed by atoms with E-state index in [0.717, 1.165) is 4.74 Å². The fourth-order valence-electron chi connectivity index (χ4n) is 2.51. The molecular weight excluding hydrogens is 357 g/mol. The SMILES string of the molecule is CC([Se]c1ccccc1)C1COC(=O)C(c2ccccc2)=[N+]1[O-]. The third kappa shape index (κ3) is 3.46. The van der Waals surface area contributed by atoms with E-state index < -0.39 is 5.97 Å². The number of hydrogen-bond acceptors (Lipinski definition) is 3. The summed E-state index contributed by atoms with van der Waals surface area (Å²) in [6, 6.07) is 18.8. The third-order valence-corrected chi connectivity index (χ3v) is 6.34.